The summed E-state index contributed by atoms with van der Waals surface area (Å²) in [5.41, 5.74) is 0.167. The minimum absolute atomic E-state index is 0.128. The Morgan fingerprint density at radius 3 is 3.19 bits per heavy atom. The SMILES string of the molecule is CC1(CNC(=O)c2ccco2)CCCNC1. The normalized spacial score (nSPS) is 25.3. The minimum Gasteiger partial charge on any atom is -0.459 e. The highest BCUT2D eigenvalue weighted by atomic mass is 16.3. The highest BCUT2D eigenvalue weighted by molar-refractivity contribution is 5.91. The fourth-order valence-corrected chi connectivity index (χ4v) is 2.06. The molecule has 4 heteroatoms. The molecular formula is C12H18N2O2. The van der Waals surface area contributed by atoms with Gasteiger partial charge in [-0.2, -0.15) is 0 Å². The number of rotatable bonds is 3. The van der Waals surface area contributed by atoms with Gasteiger partial charge < -0.3 is 15.1 Å². The van der Waals surface area contributed by atoms with E-state index in [0.29, 0.717) is 12.3 Å². The molecule has 1 saturated heterocycles. The van der Waals surface area contributed by atoms with Gasteiger partial charge in [-0.05, 0) is 36.9 Å². The molecule has 1 aromatic rings. The third-order valence-electron chi connectivity index (χ3n) is 3.11. The lowest BCUT2D eigenvalue weighted by molar-refractivity contribution is 0.0897. The van der Waals surface area contributed by atoms with Crippen molar-refractivity contribution in [2.45, 2.75) is 19.8 Å². The van der Waals surface area contributed by atoms with Crippen molar-refractivity contribution in [3.8, 4) is 0 Å². The molecule has 16 heavy (non-hydrogen) atoms. The Hall–Kier alpha value is -1.29. The molecule has 0 saturated carbocycles. The lowest BCUT2D eigenvalue weighted by Gasteiger charge is -2.34. The zero-order chi connectivity index (χ0) is 11.4. The summed E-state index contributed by atoms with van der Waals surface area (Å²) in [4.78, 5) is 11.7. The van der Waals surface area contributed by atoms with Gasteiger partial charge >= 0.3 is 0 Å². The van der Waals surface area contributed by atoms with Crippen LogP contribution in [-0.4, -0.2) is 25.5 Å². The lowest BCUT2D eigenvalue weighted by atomic mass is 9.83. The molecule has 1 amide bonds. The van der Waals surface area contributed by atoms with Crippen molar-refractivity contribution in [3.63, 3.8) is 0 Å². The maximum absolute atomic E-state index is 11.7. The monoisotopic (exact) mass is 222 g/mol. The number of furan rings is 1. The van der Waals surface area contributed by atoms with Crippen molar-refractivity contribution in [1.29, 1.82) is 0 Å². The van der Waals surface area contributed by atoms with E-state index in [1.807, 2.05) is 0 Å². The Bertz CT molecular complexity index is 340. The summed E-state index contributed by atoms with van der Waals surface area (Å²) in [5, 5.41) is 6.28. The van der Waals surface area contributed by atoms with Gasteiger partial charge in [-0.1, -0.05) is 6.92 Å². The second-order valence-electron chi connectivity index (χ2n) is 4.75. The van der Waals surface area contributed by atoms with E-state index in [1.165, 1.54) is 12.7 Å². The van der Waals surface area contributed by atoms with Crippen molar-refractivity contribution in [2.24, 2.45) is 5.41 Å². The Morgan fingerprint density at radius 1 is 1.69 bits per heavy atom. The average molecular weight is 222 g/mol. The predicted octanol–water partition coefficient (Wildman–Crippen LogP) is 1.40. The zero-order valence-electron chi connectivity index (χ0n) is 9.58. The summed E-state index contributed by atoms with van der Waals surface area (Å²) in [6, 6.07) is 3.40. The molecule has 2 rings (SSSR count). The maximum atomic E-state index is 11.7. The van der Waals surface area contributed by atoms with Crippen LogP contribution in [-0.2, 0) is 0 Å². The first-order valence-electron chi connectivity index (χ1n) is 5.72. The lowest BCUT2D eigenvalue weighted by Crippen LogP contribution is -2.45. The van der Waals surface area contributed by atoms with Crippen LogP contribution in [0.4, 0.5) is 0 Å². The van der Waals surface area contributed by atoms with Crippen LogP contribution in [0.5, 0.6) is 0 Å². The maximum Gasteiger partial charge on any atom is 0.286 e. The molecule has 1 aliphatic rings. The van der Waals surface area contributed by atoms with E-state index in [2.05, 4.69) is 17.6 Å². The number of carbonyl (C=O) groups is 1. The smallest absolute Gasteiger partial charge is 0.286 e. The van der Waals surface area contributed by atoms with Gasteiger partial charge in [0.15, 0.2) is 5.76 Å². The second kappa shape index (κ2) is 4.70. The minimum atomic E-state index is -0.128. The Kier molecular flexibility index (Phi) is 3.29. The third-order valence-corrected chi connectivity index (χ3v) is 3.11. The van der Waals surface area contributed by atoms with Gasteiger partial charge in [-0.3, -0.25) is 4.79 Å². The summed E-state index contributed by atoms with van der Waals surface area (Å²) >= 11 is 0. The topological polar surface area (TPSA) is 54.3 Å². The van der Waals surface area contributed by atoms with Crippen LogP contribution in [0.2, 0.25) is 0 Å². The van der Waals surface area contributed by atoms with Crippen molar-refractivity contribution < 1.29 is 9.21 Å². The molecule has 88 valence electrons. The van der Waals surface area contributed by atoms with Gasteiger partial charge in [0, 0.05) is 13.1 Å². The number of amides is 1. The highest BCUT2D eigenvalue weighted by Crippen LogP contribution is 2.24. The van der Waals surface area contributed by atoms with E-state index >= 15 is 0 Å². The Morgan fingerprint density at radius 2 is 2.56 bits per heavy atom. The average Bonchev–Trinajstić information content (AvgIpc) is 2.80. The number of hydrogen-bond acceptors (Lipinski definition) is 3. The van der Waals surface area contributed by atoms with E-state index < -0.39 is 0 Å². The molecule has 1 unspecified atom stereocenters. The first kappa shape index (κ1) is 11.2. The molecule has 1 fully saturated rings. The molecule has 0 spiro atoms. The summed E-state index contributed by atoms with van der Waals surface area (Å²) in [6.07, 6.45) is 3.84. The standard InChI is InChI=1S/C12H18N2O2/c1-12(5-3-6-13-8-12)9-14-11(15)10-4-2-7-16-10/h2,4,7,13H,3,5-6,8-9H2,1H3,(H,14,15). The molecule has 1 aliphatic heterocycles. The molecule has 2 N–H and O–H groups in total. The van der Waals surface area contributed by atoms with Crippen LogP contribution in [0.1, 0.15) is 30.3 Å². The quantitative estimate of drug-likeness (QED) is 0.812. The largest absolute Gasteiger partial charge is 0.459 e. The third kappa shape index (κ3) is 2.64. The molecule has 0 bridgehead atoms. The molecular weight excluding hydrogens is 204 g/mol. The van der Waals surface area contributed by atoms with Crippen LogP contribution in [0.3, 0.4) is 0 Å². The van der Waals surface area contributed by atoms with Crippen LogP contribution >= 0.6 is 0 Å². The van der Waals surface area contributed by atoms with E-state index in [9.17, 15) is 4.79 Å². The van der Waals surface area contributed by atoms with Gasteiger partial charge in [-0.25, -0.2) is 0 Å². The van der Waals surface area contributed by atoms with Crippen LogP contribution < -0.4 is 10.6 Å². The first-order valence-corrected chi connectivity index (χ1v) is 5.72. The molecule has 0 radical (unpaired) electrons. The fourth-order valence-electron chi connectivity index (χ4n) is 2.06. The van der Waals surface area contributed by atoms with Crippen LogP contribution in [0.25, 0.3) is 0 Å². The van der Waals surface area contributed by atoms with Crippen molar-refractivity contribution in [2.75, 3.05) is 19.6 Å². The molecule has 0 aromatic carbocycles. The number of hydrogen-bond donors (Lipinski definition) is 2. The first-order chi connectivity index (χ1) is 7.70. The predicted molar refractivity (Wildman–Crippen MR) is 61.3 cm³/mol. The Balaban J connectivity index is 1.84. The summed E-state index contributed by atoms with van der Waals surface area (Å²) in [6.45, 7) is 4.94. The highest BCUT2D eigenvalue weighted by Gasteiger charge is 2.27. The second-order valence-corrected chi connectivity index (χ2v) is 4.75. The molecule has 4 nitrogen and oxygen atoms in total. The molecule has 1 atom stereocenters. The van der Waals surface area contributed by atoms with E-state index in [1.54, 1.807) is 12.1 Å². The van der Waals surface area contributed by atoms with Crippen molar-refractivity contribution in [3.05, 3.63) is 24.2 Å². The summed E-state index contributed by atoms with van der Waals surface area (Å²) in [7, 11) is 0. The van der Waals surface area contributed by atoms with Crippen LogP contribution in [0.15, 0.2) is 22.8 Å². The van der Waals surface area contributed by atoms with E-state index in [-0.39, 0.29) is 11.3 Å². The van der Waals surface area contributed by atoms with Gasteiger partial charge in [0.1, 0.15) is 0 Å². The van der Waals surface area contributed by atoms with Gasteiger partial charge in [-0.15, -0.1) is 0 Å². The fraction of sp³-hybridized carbons (Fsp3) is 0.583. The summed E-state index contributed by atoms with van der Waals surface area (Å²) < 4.78 is 5.04. The molecule has 0 aliphatic carbocycles. The van der Waals surface area contributed by atoms with Crippen molar-refractivity contribution in [1.82, 2.24) is 10.6 Å². The number of carbonyl (C=O) groups excluding carboxylic acids is 1. The zero-order valence-corrected chi connectivity index (χ0v) is 9.58. The number of piperidine rings is 1. The van der Waals surface area contributed by atoms with Gasteiger partial charge in [0.05, 0.1) is 6.26 Å². The van der Waals surface area contributed by atoms with Crippen molar-refractivity contribution >= 4 is 5.91 Å². The molecule has 1 aromatic heterocycles. The van der Waals surface area contributed by atoms with E-state index in [4.69, 9.17) is 4.42 Å². The van der Waals surface area contributed by atoms with Crippen LogP contribution in [0, 0.1) is 5.41 Å². The molecule has 2 heterocycles. The van der Waals surface area contributed by atoms with Gasteiger partial charge in [0.25, 0.3) is 5.91 Å². The number of nitrogens with one attached hydrogen (secondary N) is 2. The Labute approximate surface area is 95.4 Å². The summed E-state index contributed by atoms with van der Waals surface area (Å²) in [5.74, 6) is 0.254. The van der Waals surface area contributed by atoms with Gasteiger partial charge in [0.2, 0.25) is 0 Å². The van der Waals surface area contributed by atoms with E-state index in [0.717, 1.165) is 19.5 Å².